The summed E-state index contributed by atoms with van der Waals surface area (Å²) in [6.45, 7) is 0.00302. The molecule has 0 fully saturated rings. The van der Waals surface area contributed by atoms with Crippen LogP contribution in [0.3, 0.4) is 0 Å². The Balaban J connectivity index is 0.00000180. The molecule has 0 aliphatic heterocycles. The molecule has 6 N–H and O–H groups in total. The van der Waals surface area contributed by atoms with Crippen molar-refractivity contribution < 1.29 is 45.2 Å². The predicted molar refractivity (Wildman–Crippen MR) is 66.2 cm³/mol. The zero-order valence-corrected chi connectivity index (χ0v) is 13.2. The minimum atomic E-state index is -0.484. The first-order valence-corrected chi connectivity index (χ1v) is 5.55. The van der Waals surface area contributed by atoms with Crippen LogP contribution in [0.2, 0.25) is 0 Å². The minimum absolute atomic E-state index is 0. The summed E-state index contributed by atoms with van der Waals surface area (Å²) < 4.78 is 1.69. The molecule has 0 saturated heterocycles. The van der Waals surface area contributed by atoms with E-state index in [2.05, 4.69) is 15.0 Å². The summed E-state index contributed by atoms with van der Waals surface area (Å²) in [6.07, 6.45) is 2.00. The molecule has 2 heterocycles. The van der Waals surface area contributed by atoms with Gasteiger partial charge in [-0.25, -0.2) is 4.98 Å². The maximum Gasteiger partial charge on any atom is 1.00 e. The van der Waals surface area contributed by atoms with Gasteiger partial charge >= 0.3 is 35.1 Å². The zero-order chi connectivity index (χ0) is 13.1. The molecule has 2 rings (SSSR count). The van der Waals surface area contributed by atoms with E-state index in [0.29, 0.717) is 18.6 Å². The standard InChI is InChI=1S/C10H14N5O3.Na.H2O/c11-10-13-8-7(9(18)14-10)12-5-15(8)2-1-6(3-16)4-17;;/h5-6,16H,1-4H2,(H3,11,13,14,18);;1H2/q-1;+1;. The van der Waals surface area contributed by atoms with E-state index in [-0.39, 0.29) is 65.6 Å². The molecule has 10 heteroatoms. The Labute approximate surface area is 136 Å². The number of nitrogen functional groups attached to an aromatic ring is 1. The van der Waals surface area contributed by atoms with Gasteiger partial charge in [0.25, 0.3) is 0 Å². The monoisotopic (exact) mass is 293 g/mol. The third kappa shape index (κ3) is 4.01. The first-order chi connectivity index (χ1) is 8.65. The fourth-order valence-corrected chi connectivity index (χ4v) is 1.70. The molecular formula is C10H16N5NaO4. The Morgan fingerprint density at radius 3 is 2.85 bits per heavy atom. The van der Waals surface area contributed by atoms with Gasteiger partial charge in [-0.2, -0.15) is 4.98 Å². The van der Waals surface area contributed by atoms with Gasteiger partial charge < -0.3 is 31.0 Å². The number of hydrogen-bond acceptors (Lipinski definition) is 6. The van der Waals surface area contributed by atoms with E-state index < -0.39 is 5.56 Å². The van der Waals surface area contributed by atoms with Crippen molar-refractivity contribution in [1.82, 2.24) is 19.5 Å². The molecular weight excluding hydrogens is 277 g/mol. The quantitative estimate of drug-likeness (QED) is 0.465. The summed E-state index contributed by atoms with van der Waals surface area (Å²) >= 11 is 0. The number of nitrogens with two attached hydrogens (primary N) is 1. The molecule has 0 aliphatic rings. The SMILES string of the molecule is Nc1nc(=O)c2ncn(CCC(C[O-])CO)c2[nH]1.O.[Na+]. The topological polar surface area (TPSA) is 164 Å². The van der Waals surface area contributed by atoms with Gasteiger partial charge in [0, 0.05) is 13.2 Å². The van der Waals surface area contributed by atoms with Gasteiger partial charge in [0.1, 0.15) is 5.65 Å². The molecule has 2 aromatic heterocycles. The number of aromatic amines is 1. The zero-order valence-electron chi connectivity index (χ0n) is 11.2. The second-order valence-electron chi connectivity index (χ2n) is 4.07. The maximum absolute atomic E-state index is 11.5. The van der Waals surface area contributed by atoms with Crippen LogP contribution >= 0.6 is 0 Å². The summed E-state index contributed by atoms with van der Waals surface area (Å²) in [6, 6.07) is 0. The van der Waals surface area contributed by atoms with Crippen molar-refractivity contribution in [2.24, 2.45) is 5.92 Å². The Kier molecular flexibility index (Phi) is 7.94. The number of rotatable bonds is 5. The molecule has 20 heavy (non-hydrogen) atoms. The number of imidazole rings is 1. The predicted octanol–water partition coefficient (Wildman–Crippen LogP) is -5.76. The molecule has 2 aromatic rings. The van der Waals surface area contributed by atoms with Crippen LogP contribution in [0.5, 0.6) is 0 Å². The van der Waals surface area contributed by atoms with Gasteiger partial charge in [0.2, 0.25) is 5.95 Å². The van der Waals surface area contributed by atoms with Gasteiger partial charge in [-0.1, -0.05) is 0 Å². The van der Waals surface area contributed by atoms with Crippen molar-refractivity contribution in [3.8, 4) is 0 Å². The number of aliphatic hydroxyl groups is 1. The summed E-state index contributed by atoms with van der Waals surface area (Å²) in [5, 5.41) is 19.7. The summed E-state index contributed by atoms with van der Waals surface area (Å²) in [7, 11) is 0. The molecule has 0 bridgehead atoms. The van der Waals surface area contributed by atoms with Crippen LogP contribution in [-0.4, -0.2) is 43.3 Å². The van der Waals surface area contributed by atoms with Gasteiger partial charge in [-0.05, 0) is 12.3 Å². The van der Waals surface area contributed by atoms with Crippen LogP contribution in [0.15, 0.2) is 11.1 Å². The van der Waals surface area contributed by atoms with Crippen LogP contribution in [0.4, 0.5) is 5.95 Å². The van der Waals surface area contributed by atoms with Crippen molar-refractivity contribution in [3.63, 3.8) is 0 Å². The maximum atomic E-state index is 11.5. The number of aliphatic hydroxyl groups excluding tert-OH is 1. The fraction of sp³-hybridized carbons (Fsp3) is 0.500. The number of nitrogens with zero attached hydrogens (tertiary/aromatic N) is 3. The van der Waals surface area contributed by atoms with Gasteiger partial charge in [0.05, 0.1) is 6.33 Å². The number of aromatic nitrogens is 4. The molecule has 0 saturated carbocycles. The number of fused-ring (bicyclic) bond motifs is 1. The van der Waals surface area contributed by atoms with Crippen LogP contribution in [0, 0.1) is 5.92 Å². The third-order valence-electron chi connectivity index (χ3n) is 2.78. The van der Waals surface area contributed by atoms with E-state index in [0.717, 1.165) is 0 Å². The van der Waals surface area contributed by atoms with Gasteiger partial charge in [0.15, 0.2) is 5.52 Å². The van der Waals surface area contributed by atoms with Crippen LogP contribution in [0.1, 0.15) is 6.42 Å². The Bertz CT molecular complexity index is 595. The third-order valence-corrected chi connectivity index (χ3v) is 2.78. The van der Waals surface area contributed by atoms with E-state index in [9.17, 15) is 9.90 Å². The summed E-state index contributed by atoms with van der Waals surface area (Å²) in [5.74, 6) is -0.273. The first-order valence-electron chi connectivity index (χ1n) is 5.55. The molecule has 0 radical (unpaired) electrons. The van der Waals surface area contributed by atoms with Crippen molar-refractivity contribution >= 4 is 17.1 Å². The van der Waals surface area contributed by atoms with Crippen LogP contribution in [0.25, 0.3) is 11.2 Å². The van der Waals surface area contributed by atoms with Gasteiger partial charge in [-0.3, -0.25) is 4.79 Å². The number of nitrogens with one attached hydrogen (secondary N) is 1. The van der Waals surface area contributed by atoms with Gasteiger partial charge in [-0.15, -0.1) is 6.61 Å². The molecule has 0 aromatic carbocycles. The smallest absolute Gasteiger partial charge is 0.854 e. The van der Waals surface area contributed by atoms with E-state index in [1.807, 2.05) is 0 Å². The van der Waals surface area contributed by atoms with Crippen LogP contribution < -0.4 is 46.0 Å². The van der Waals surface area contributed by atoms with Crippen molar-refractivity contribution in [2.75, 3.05) is 18.9 Å². The van der Waals surface area contributed by atoms with Crippen LogP contribution in [-0.2, 0) is 6.54 Å². The summed E-state index contributed by atoms with van der Waals surface area (Å²) in [4.78, 5) is 21.7. The molecule has 0 aliphatic carbocycles. The van der Waals surface area contributed by atoms with E-state index in [4.69, 9.17) is 10.8 Å². The molecule has 1 atom stereocenters. The number of anilines is 1. The number of aryl methyl sites for hydroxylation is 1. The number of H-pyrrole nitrogens is 1. The molecule has 0 amide bonds. The number of hydrogen-bond donors (Lipinski definition) is 3. The average molecular weight is 293 g/mol. The molecule has 9 nitrogen and oxygen atoms in total. The van der Waals surface area contributed by atoms with E-state index in [1.165, 1.54) is 6.33 Å². The molecule has 0 spiro atoms. The second kappa shape index (κ2) is 8.35. The largest absolute Gasteiger partial charge is 1.00 e. The second-order valence-corrected chi connectivity index (χ2v) is 4.07. The fourth-order valence-electron chi connectivity index (χ4n) is 1.70. The van der Waals surface area contributed by atoms with E-state index in [1.54, 1.807) is 4.57 Å². The van der Waals surface area contributed by atoms with Crippen molar-refractivity contribution in [2.45, 2.75) is 13.0 Å². The first kappa shape index (κ1) is 19.0. The Morgan fingerprint density at radius 1 is 1.55 bits per heavy atom. The molecule has 1 unspecified atom stereocenters. The average Bonchev–Trinajstić information content (AvgIpc) is 2.74. The van der Waals surface area contributed by atoms with Crippen molar-refractivity contribution in [1.29, 1.82) is 0 Å². The minimum Gasteiger partial charge on any atom is -0.854 e. The Morgan fingerprint density at radius 2 is 2.25 bits per heavy atom. The van der Waals surface area contributed by atoms with E-state index >= 15 is 0 Å². The van der Waals surface area contributed by atoms with Crippen molar-refractivity contribution in [3.05, 3.63) is 16.7 Å². The summed E-state index contributed by atoms with van der Waals surface area (Å²) in [5.41, 5.74) is 5.68. The normalized spacial score (nSPS) is 11.7. The molecule has 106 valence electrons. The Hall–Kier alpha value is -0.970.